The lowest BCUT2D eigenvalue weighted by atomic mass is 9.98. The zero-order valence-corrected chi connectivity index (χ0v) is 92.0. The van der Waals surface area contributed by atoms with Gasteiger partial charge >= 0.3 is 0 Å². The number of amides is 6. The van der Waals surface area contributed by atoms with E-state index in [9.17, 15) is 57.8 Å². The Morgan fingerprint density at radius 1 is 0.306 bits per heavy atom. The Bertz CT molecular complexity index is 6070. The number of aryl methyl sites for hydroxylation is 3. The van der Waals surface area contributed by atoms with Crippen molar-refractivity contribution in [2.45, 2.75) is 173 Å². The lowest BCUT2D eigenvalue weighted by molar-refractivity contribution is 0.0734. The van der Waals surface area contributed by atoms with Gasteiger partial charge in [-0.15, -0.1) is 0 Å². The summed E-state index contributed by atoms with van der Waals surface area (Å²) in [5.74, 6) is 3.81. The standard InChI is InChI=1S/C37H47N2O7P.C36H44N3O7P.C35H41N4O7P.3S2/c1-5-12-47(43,13-10-45-33-18-26-6-8-29-15-24(2)21-38(29)36(41)31(26)17-28(33)23-40)14-11-46-35-19-27-7-9-30-16-25(3)22-39(30)37(42)32(27)20-34(35)44-4;1-5-10-47(43,11-8-45-32-16-25-6-7-27-13-23(2)20-38(27)35(41)29(25)15-26(32)22-40)12-9-46-34-18-31-30(17-33(34)44-4)36(42)39-21-24(3)14-28(39)19-37-31;1-5-8-47(43,9-6-45-31-15-29-27(13-24(31)21-40)34(41)38-19-22(2)11-25(38)17-36-29)10-7-46-33-16-30-28(14-32(33)44-4)35(42)39-20-23(3)12-26(39)18-37-30;3*1-2/h17-20,29-30,40H,2-3,5-16,21-23H2,1,4H3;15-19,27-28,40H,2-3,5-14,20-22H2,1,4H3;13-18,25-26,40H,2-3,5-12,19-21H2,1,4H3;;;/t29-,30-,47?;27-,28+,47?;25-,26-,47?;;;/m110.../s1. The van der Waals surface area contributed by atoms with E-state index in [0.29, 0.717) is 233 Å². The molecule has 147 heavy (non-hydrogen) atoms. The van der Waals surface area contributed by atoms with Crippen LogP contribution in [0.2, 0.25) is 0 Å². The molecule has 6 amide bonds. The van der Waals surface area contributed by atoms with Crippen molar-refractivity contribution < 1.29 is 100 Å². The van der Waals surface area contributed by atoms with Crippen molar-refractivity contribution >= 4 is 160 Å². The number of aliphatic imine (C=N–C) groups is 3. The molecule has 6 fully saturated rings. The molecular weight excluding hydrogens is 2040 g/mol. The van der Waals surface area contributed by atoms with E-state index in [-0.39, 0.29) is 131 Å². The highest BCUT2D eigenvalue weighted by molar-refractivity contribution is 8.08. The number of rotatable bonds is 36. The smallest absolute Gasteiger partial charge is 0.257 e. The molecule has 6 aromatic rings. The van der Waals surface area contributed by atoms with Crippen molar-refractivity contribution in [2.75, 3.05) is 156 Å². The number of ether oxygens (including phenoxy) is 9. The predicted molar refractivity (Wildman–Crippen MR) is 592 cm³/mol. The fraction of sp³-hybridized carbons (Fsp3) is 0.472. The first-order valence-corrected chi connectivity index (χ1v) is 60.6. The fourth-order valence-electron chi connectivity index (χ4n) is 21.5. The molecule has 0 aromatic heterocycles. The Kier molecular flexibility index (Phi) is 40.2. The highest BCUT2D eigenvalue weighted by atomic mass is 32.8. The zero-order valence-electron chi connectivity index (χ0n) is 84.5. The molecule has 0 saturated carbocycles. The summed E-state index contributed by atoms with van der Waals surface area (Å²) in [5.41, 5.74) is 15.3. The Balaban J connectivity index is 0.000000180. The van der Waals surface area contributed by atoms with Crippen molar-refractivity contribution in [3.63, 3.8) is 0 Å². The number of benzene rings is 6. The summed E-state index contributed by atoms with van der Waals surface area (Å²) >= 11 is 22.0. The van der Waals surface area contributed by atoms with Gasteiger partial charge in [0.05, 0.1) is 154 Å². The van der Waals surface area contributed by atoms with Crippen LogP contribution in [-0.4, -0.2) is 291 Å². The van der Waals surface area contributed by atoms with E-state index in [4.69, 9.17) is 42.6 Å². The van der Waals surface area contributed by atoms with Crippen LogP contribution in [0, 0.1) is 0 Å². The Morgan fingerprint density at radius 2 is 0.531 bits per heavy atom. The van der Waals surface area contributed by atoms with Gasteiger partial charge in [-0.05, 0) is 168 Å². The number of hydrogen-bond acceptors (Lipinski definition) is 30. The number of aliphatic hydroxyl groups is 3. The summed E-state index contributed by atoms with van der Waals surface area (Å²) in [7, 11) is -3.43. The number of carbonyl (C=O) groups is 6. The predicted octanol–water partition coefficient (Wildman–Crippen LogP) is 16.9. The summed E-state index contributed by atoms with van der Waals surface area (Å²) < 4.78 is 95.7. The van der Waals surface area contributed by atoms with E-state index in [2.05, 4.69) is 122 Å². The molecule has 30 nitrogen and oxygen atoms in total. The molecule has 39 heteroatoms. The van der Waals surface area contributed by atoms with Crippen LogP contribution in [0.15, 0.2) is 161 Å². The minimum absolute atomic E-state index is 0.00973. The van der Waals surface area contributed by atoms with Gasteiger partial charge in [0, 0.05) is 250 Å². The third-order valence-corrected chi connectivity index (χ3v) is 38.7. The summed E-state index contributed by atoms with van der Waals surface area (Å²) in [6, 6.07) is 21.2. The van der Waals surface area contributed by atoms with Crippen LogP contribution < -0.4 is 42.6 Å². The van der Waals surface area contributed by atoms with Crippen molar-refractivity contribution in [1.82, 2.24) is 29.4 Å². The fourth-order valence-corrected chi connectivity index (χ4v) is 28.5. The Labute approximate surface area is 891 Å². The Morgan fingerprint density at radius 3 is 0.816 bits per heavy atom. The van der Waals surface area contributed by atoms with E-state index in [1.165, 1.54) is 14.2 Å². The minimum atomic E-state index is -2.71. The summed E-state index contributed by atoms with van der Waals surface area (Å²) in [6.07, 6.45) is 20.8. The number of methoxy groups -OCH3 is 3. The van der Waals surface area contributed by atoms with Gasteiger partial charge in [-0.1, -0.05) is 93.7 Å². The van der Waals surface area contributed by atoms with Crippen LogP contribution in [0.5, 0.6) is 51.7 Å². The summed E-state index contributed by atoms with van der Waals surface area (Å²) in [5, 5.41) is 30.4. The van der Waals surface area contributed by atoms with Gasteiger partial charge in [0.25, 0.3) is 35.4 Å². The van der Waals surface area contributed by atoms with Crippen LogP contribution in [-0.2, 0) is 120 Å². The molecular formula is C108H132N9O21P3S6. The van der Waals surface area contributed by atoms with E-state index in [1.807, 2.05) is 53.7 Å². The number of nitrogens with zero attached hydrogens (tertiary/aromatic N) is 9. The normalized spacial score (nSPS) is 20.6. The molecule has 9 atom stereocenters. The van der Waals surface area contributed by atoms with E-state index < -0.39 is 21.4 Å². The van der Waals surface area contributed by atoms with Crippen LogP contribution in [0.25, 0.3) is 0 Å². The first-order valence-electron chi connectivity index (χ1n) is 49.8. The third kappa shape index (κ3) is 26.6. The third-order valence-electron chi connectivity index (χ3n) is 28.9. The molecule has 786 valence electrons. The van der Waals surface area contributed by atoms with Crippen LogP contribution in [0.4, 0.5) is 17.1 Å². The maximum atomic E-state index is 14.1. The van der Waals surface area contributed by atoms with Gasteiger partial charge < -0.3 is 101 Å². The van der Waals surface area contributed by atoms with Gasteiger partial charge in [-0.2, -0.15) is 0 Å². The second-order valence-corrected chi connectivity index (χ2v) is 49.5. The summed E-state index contributed by atoms with van der Waals surface area (Å²) in [4.78, 5) is 105. The van der Waals surface area contributed by atoms with Gasteiger partial charge in [0.1, 0.15) is 17.2 Å². The van der Waals surface area contributed by atoms with Crippen molar-refractivity contribution in [2.24, 2.45) is 15.0 Å². The second kappa shape index (κ2) is 51.9. The first kappa shape index (κ1) is 114. The SMILES string of the molecule is C=C1C[C@H]2C=Nc3cc(OCCP(=O)(CCC)CCOc4cc5c(cc4OC)C(=O)N4CC(=C)C[C@H]4C=N5)c(CO)cc3C(=O)N2C1.C=C1C[C@H]2CCc3cc(OCCP(=O)(CCC)CCOc4cc5c(cc4OC)C(=O)N4CC(=C)C[C@H]4C=N5)c(CO)cc3C(=O)N2C1.C=C1C[C@H]2CCc3cc(OCCP(=O)(CCC)CCOc4cc5c(cc4OC)C(=O)N4CC(=C)C[C@H]4CC5)c(CO)cc3C(=O)N2C1.S=S.S=S.S=S. The molecule has 12 aliphatic rings. The quantitative estimate of drug-likeness (QED) is 0.0243. The van der Waals surface area contributed by atoms with Crippen molar-refractivity contribution in [3.8, 4) is 51.7 Å². The molecule has 6 saturated heterocycles. The monoisotopic (exact) mass is 2180 g/mol. The number of hydrogen-bond donors (Lipinski definition) is 3. The number of fused-ring (bicyclic) bond motifs is 12. The van der Waals surface area contributed by atoms with Crippen molar-refractivity contribution in [1.29, 1.82) is 0 Å². The highest BCUT2D eigenvalue weighted by Crippen LogP contribution is 2.52. The second-order valence-electron chi connectivity index (χ2n) is 39.1. The van der Waals surface area contributed by atoms with E-state index in [1.54, 1.807) is 95.1 Å². The minimum Gasteiger partial charge on any atom is -0.493 e. The van der Waals surface area contributed by atoms with E-state index >= 15 is 0 Å². The molecule has 12 heterocycles. The van der Waals surface area contributed by atoms with Crippen molar-refractivity contribution in [3.05, 3.63) is 212 Å². The molecule has 0 radical (unpaired) electrons. The number of aliphatic hydroxyl groups excluding tert-OH is 3. The molecule has 3 N–H and O–H groups in total. The molecule has 3 unspecified atom stereocenters. The lowest BCUT2D eigenvalue weighted by Crippen LogP contribution is -2.35. The number of carbonyl (C=O) groups excluding carboxylic acids is 6. The maximum absolute atomic E-state index is 14.1. The van der Waals surface area contributed by atoms with Gasteiger partial charge in [0.15, 0.2) is 34.5 Å². The summed E-state index contributed by atoms with van der Waals surface area (Å²) in [6.45, 7) is 34.0. The first-order chi connectivity index (χ1) is 70.9. The zero-order chi connectivity index (χ0) is 106. The molecule has 6 aromatic carbocycles. The van der Waals surface area contributed by atoms with Gasteiger partial charge in [-0.3, -0.25) is 43.7 Å². The maximum Gasteiger partial charge on any atom is 0.257 e. The lowest BCUT2D eigenvalue weighted by Gasteiger charge is -2.22. The topological polar surface area (TPSA) is 354 Å². The molecule has 18 rings (SSSR count). The molecule has 0 spiro atoms. The highest BCUT2D eigenvalue weighted by Gasteiger charge is 2.43. The molecule has 0 bridgehead atoms. The largest absolute Gasteiger partial charge is 0.493 e. The average molecular weight is 2180 g/mol. The molecule has 12 aliphatic heterocycles. The van der Waals surface area contributed by atoms with Gasteiger partial charge in [-0.25, -0.2) is 0 Å². The van der Waals surface area contributed by atoms with E-state index in [0.717, 1.165) is 127 Å². The van der Waals surface area contributed by atoms with Crippen LogP contribution in [0.1, 0.15) is 193 Å². The van der Waals surface area contributed by atoms with Crippen LogP contribution >= 0.6 is 21.4 Å². The molecule has 0 aliphatic carbocycles. The average Bonchev–Trinajstić information content (AvgIpc) is 1.68. The Hall–Kier alpha value is -10.3. The van der Waals surface area contributed by atoms with Crippen LogP contribution in [0.3, 0.4) is 0 Å². The van der Waals surface area contributed by atoms with Gasteiger partial charge in [0.2, 0.25) is 0 Å².